The first-order chi connectivity index (χ1) is 10.2. The maximum absolute atomic E-state index is 12.3. The standard InChI is InChI=1S/C18H21NO2/c1-4-14-9-11-15(12-10-14)13(2)19-18(20)16-7-5-6-8-17(16)21-3/h5-13H,4H2,1-3H3,(H,19,20)/t13-/m1/s1. The van der Waals surface area contributed by atoms with Crippen molar-refractivity contribution in [3.8, 4) is 5.75 Å². The molecule has 0 unspecified atom stereocenters. The Labute approximate surface area is 126 Å². The van der Waals surface area contributed by atoms with Gasteiger partial charge in [0.25, 0.3) is 5.91 Å². The Morgan fingerprint density at radius 3 is 2.43 bits per heavy atom. The number of rotatable bonds is 5. The minimum absolute atomic E-state index is 0.0479. The number of ether oxygens (including phenoxy) is 1. The van der Waals surface area contributed by atoms with E-state index in [4.69, 9.17) is 4.74 Å². The third-order valence-corrected chi connectivity index (χ3v) is 3.59. The second-order valence-corrected chi connectivity index (χ2v) is 4.99. The van der Waals surface area contributed by atoms with E-state index in [1.54, 1.807) is 19.2 Å². The molecule has 1 atom stereocenters. The van der Waals surface area contributed by atoms with Gasteiger partial charge in [-0.05, 0) is 36.6 Å². The quantitative estimate of drug-likeness (QED) is 0.907. The summed E-state index contributed by atoms with van der Waals surface area (Å²) in [5.41, 5.74) is 2.94. The summed E-state index contributed by atoms with van der Waals surface area (Å²) in [6.45, 7) is 4.11. The zero-order chi connectivity index (χ0) is 15.2. The number of nitrogens with one attached hydrogen (secondary N) is 1. The van der Waals surface area contributed by atoms with Crippen LogP contribution < -0.4 is 10.1 Å². The van der Waals surface area contributed by atoms with Crippen molar-refractivity contribution >= 4 is 5.91 Å². The molecule has 2 aromatic rings. The van der Waals surface area contributed by atoms with Crippen molar-refractivity contribution in [3.63, 3.8) is 0 Å². The highest BCUT2D eigenvalue weighted by Gasteiger charge is 2.14. The topological polar surface area (TPSA) is 38.3 Å². The average molecular weight is 283 g/mol. The highest BCUT2D eigenvalue weighted by Crippen LogP contribution is 2.19. The molecule has 0 saturated carbocycles. The molecule has 2 rings (SSSR count). The number of hydrogen-bond acceptors (Lipinski definition) is 2. The number of hydrogen-bond donors (Lipinski definition) is 1. The van der Waals surface area contributed by atoms with Crippen LogP contribution in [0, 0.1) is 0 Å². The summed E-state index contributed by atoms with van der Waals surface area (Å²) in [6, 6.07) is 15.5. The molecule has 0 heterocycles. The van der Waals surface area contributed by atoms with Gasteiger partial charge in [0, 0.05) is 0 Å². The predicted octanol–water partition coefficient (Wildman–Crippen LogP) is 3.75. The summed E-state index contributed by atoms with van der Waals surface area (Å²) in [5, 5.41) is 3.01. The van der Waals surface area contributed by atoms with E-state index >= 15 is 0 Å². The van der Waals surface area contributed by atoms with Gasteiger partial charge in [-0.25, -0.2) is 0 Å². The third kappa shape index (κ3) is 3.63. The molecule has 0 aliphatic heterocycles. The molecule has 0 saturated heterocycles. The second-order valence-electron chi connectivity index (χ2n) is 4.99. The van der Waals surface area contributed by atoms with Crippen LogP contribution in [0.3, 0.4) is 0 Å². The van der Waals surface area contributed by atoms with Gasteiger partial charge in [-0.3, -0.25) is 4.79 Å². The van der Waals surface area contributed by atoms with Crippen molar-refractivity contribution < 1.29 is 9.53 Å². The lowest BCUT2D eigenvalue weighted by Gasteiger charge is -2.16. The Bertz CT molecular complexity index is 605. The van der Waals surface area contributed by atoms with Gasteiger partial charge in [0.05, 0.1) is 18.7 Å². The van der Waals surface area contributed by atoms with E-state index in [9.17, 15) is 4.79 Å². The van der Waals surface area contributed by atoms with Gasteiger partial charge in [0.2, 0.25) is 0 Å². The summed E-state index contributed by atoms with van der Waals surface area (Å²) in [7, 11) is 1.57. The molecule has 1 N–H and O–H groups in total. The van der Waals surface area contributed by atoms with Crippen molar-refractivity contribution in [1.82, 2.24) is 5.32 Å². The Morgan fingerprint density at radius 2 is 1.81 bits per heavy atom. The van der Waals surface area contributed by atoms with Crippen LogP contribution in [0.2, 0.25) is 0 Å². The molecule has 0 bridgehead atoms. The number of carbonyl (C=O) groups excluding carboxylic acids is 1. The van der Waals surface area contributed by atoms with Gasteiger partial charge in [-0.15, -0.1) is 0 Å². The molecule has 3 nitrogen and oxygen atoms in total. The van der Waals surface area contributed by atoms with Gasteiger partial charge in [-0.1, -0.05) is 43.3 Å². The zero-order valence-corrected chi connectivity index (χ0v) is 12.7. The van der Waals surface area contributed by atoms with E-state index in [1.165, 1.54) is 5.56 Å². The lowest BCUT2D eigenvalue weighted by atomic mass is 10.0. The summed E-state index contributed by atoms with van der Waals surface area (Å²) >= 11 is 0. The van der Waals surface area contributed by atoms with Crippen LogP contribution in [-0.4, -0.2) is 13.0 Å². The molecule has 1 amide bonds. The van der Waals surface area contributed by atoms with Crippen LogP contribution in [0.15, 0.2) is 48.5 Å². The van der Waals surface area contributed by atoms with Crippen molar-refractivity contribution in [1.29, 1.82) is 0 Å². The first-order valence-electron chi connectivity index (χ1n) is 7.18. The van der Waals surface area contributed by atoms with E-state index in [2.05, 4.69) is 36.5 Å². The molecule has 0 radical (unpaired) electrons. The average Bonchev–Trinajstić information content (AvgIpc) is 2.54. The minimum Gasteiger partial charge on any atom is -0.496 e. The first-order valence-corrected chi connectivity index (χ1v) is 7.18. The van der Waals surface area contributed by atoms with E-state index in [0.29, 0.717) is 11.3 Å². The Balaban J connectivity index is 2.11. The van der Waals surface area contributed by atoms with Crippen LogP contribution in [0.25, 0.3) is 0 Å². The molecule has 0 fully saturated rings. The van der Waals surface area contributed by atoms with Gasteiger partial charge < -0.3 is 10.1 Å². The van der Waals surface area contributed by atoms with E-state index in [-0.39, 0.29) is 11.9 Å². The zero-order valence-electron chi connectivity index (χ0n) is 12.7. The van der Waals surface area contributed by atoms with Crippen molar-refractivity contribution in [2.75, 3.05) is 7.11 Å². The third-order valence-electron chi connectivity index (χ3n) is 3.59. The number of amides is 1. The summed E-state index contributed by atoms with van der Waals surface area (Å²) in [6.07, 6.45) is 1.02. The first kappa shape index (κ1) is 15.1. The Kier molecular flexibility index (Phi) is 4.99. The fourth-order valence-electron chi connectivity index (χ4n) is 2.23. The predicted molar refractivity (Wildman–Crippen MR) is 84.7 cm³/mol. The number of aryl methyl sites for hydroxylation is 1. The number of para-hydroxylation sites is 1. The number of benzene rings is 2. The second kappa shape index (κ2) is 6.93. The van der Waals surface area contributed by atoms with Crippen LogP contribution in [0.5, 0.6) is 5.75 Å². The number of carbonyl (C=O) groups is 1. The fraction of sp³-hybridized carbons (Fsp3) is 0.278. The minimum atomic E-state index is -0.125. The lowest BCUT2D eigenvalue weighted by molar-refractivity contribution is 0.0937. The van der Waals surface area contributed by atoms with Crippen LogP contribution in [-0.2, 0) is 6.42 Å². The highest BCUT2D eigenvalue weighted by atomic mass is 16.5. The monoisotopic (exact) mass is 283 g/mol. The van der Waals surface area contributed by atoms with E-state index < -0.39 is 0 Å². The molecular weight excluding hydrogens is 262 g/mol. The summed E-state index contributed by atoms with van der Waals surface area (Å²) in [4.78, 5) is 12.3. The maximum atomic E-state index is 12.3. The summed E-state index contributed by atoms with van der Waals surface area (Å²) < 4.78 is 5.22. The molecule has 2 aromatic carbocycles. The maximum Gasteiger partial charge on any atom is 0.255 e. The largest absolute Gasteiger partial charge is 0.496 e. The molecular formula is C18H21NO2. The summed E-state index contributed by atoms with van der Waals surface area (Å²) in [5.74, 6) is 0.461. The van der Waals surface area contributed by atoms with Crippen molar-refractivity contribution in [2.24, 2.45) is 0 Å². The molecule has 0 aliphatic rings. The Morgan fingerprint density at radius 1 is 1.14 bits per heavy atom. The Hall–Kier alpha value is -2.29. The SMILES string of the molecule is CCc1ccc([C@@H](C)NC(=O)c2ccccc2OC)cc1. The van der Waals surface area contributed by atoms with Gasteiger partial charge in [0.1, 0.15) is 5.75 Å². The molecule has 0 aromatic heterocycles. The highest BCUT2D eigenvalue weighted by molar-refractivity contribution is 5.97. The van der Waals surface area contributed by atoms with Crippen molar-refractivity contribution in [2.45, 2.75) is 26.3 Å². The molecule has 21 heavy (non-hydrogen) atoms. The smallest absolute Gasteiger partial charge is 0.255 e. The normalized spacial score (nSPS) is 11.8. The van der Waals surface area contributed by atoms with Gasteiger partial charge in [0.15, 0.2) is 0 Å². The lowest BCUT2D eigenvalue weighted by Crippen LogP contribution is -2.27. The van der Waals surface area contributed by atoms with Crippen LogP contribution in [0.4, 0.5) is 0 Å². The van der Waals surface area contributed by atoms with Gasteiger partial charge >= 0.3 is 0 Å². The van der Waals surface area contributed by atoms with Crippen molar-refractivity contribution in [3.05, 3.63) is 65.2 Å². The molecule has 0 spiro atoms. The molecule has 110 valence electrons. The van der Waals surface area contributed by atoms with Crippen LogP contribution in [0.1, 0.15) is 41.4 Å². The fourth-order valence-corrected chi connectivity index (χ4v) is 2.23. The van der Waals surface area contributed by atoms with Gasteiger partial charge in [-0.2, -0.15) is 0 Å². The molecule has 0 aliphatic carbocycles. The van der Waals surface area contributed by atoms with E-state index in [1.807, 2.05) is 19.1 Å². The van der Waals surface area contributed by atoms with Crippen LogP contribution >= 0.6 is 0 Å². The molecule has 3 heteroatoms. The van der Waals surface area contributed by atoms with E-state index in [0.717, 1.165) is 12.0 Å². The number of methoxy groups -OCH3 is 1.